The van der Waals surface area contributed by atoms with Crippen LogP contribution in [0.3, 0.4) is 0 Å². The van der Waals surface area contributed by atoms with E-state index in [-0.39, 0.29) is 11.0 Å². The molecule has 1 aromatic carbocycles. The molecule has 13 heavy (non-hydrogen) atoms. The van der Waals surface area contributed by atoms with E-state index in [4.69, 9.17) is 10.0 Å². The number of halogens is 1. The molecule has 0 aliphatic carbocycles. The molecule has 0 aliphatic rings. The molecule has 0 atom stereocenters. The highest BCUT2D eigenvalue weighted by Gasteiger charge is 2.17. The number of carbonyl (C=O) groups is 1. The predicted octanol–water partition coefficient (Wildman–Crippen LogP) is -0.374. The van der Waals surface area contributed by atoms with Crippen molar-refractivity contribution in [1.29, 1.82) is 0 Å². The Morgan fingerprint density at radius 1 is 1.46 bits per heavy atom. The summed E-state index contributed by atoms with van der Waals surface area (Å²) in [4.78, 5) is 10.4. The third kappa shape index (κ3) is 1.94. The number of carbonyl (C=O) groups excluding carboxylic acids is 1. The second kappa shape index (κ2) is 3.68. The molecule has 0 bridgehead atoms. The Bertz CT molecular complexity index is 338. The van der Waals surface area contributed by atoms with Crippen molar-refractivity contribution < 1.29 is 19.2 Å². The van der Waals surface area contributed by atoms with Crippen molar-refractivity contribution in [2.75, 3.05) is 0 Å². The lowest BCUT2D eigenvalue weighted by Crippen LogP contribution is -2.33. The van der Waals surface area contributed by atoms with Crippen LogP contribution in [0.2, 0.25) is 0 Å². The molecule has 0 aliphatic heterocycles. The zero-order chi connectivity index (χ0) is 10.0. The number of aldehydes is 1. The maximum Gasteiger partial charge on any atom is 0.491 e. The normalized spacial score (nSPS) is 9.85. The predicted molar refractivity (Wildman–Crippen MR) is 46.4 cm³/mol. The van der Waals surface area contributed by atoms with E-state index in [2.05, 4.69) is 0 Å². The fourth-order valence-corrected chi connectivity index (χ4v) is 1.03. The summed E-state index contributed by atoms with van der Waals surface area (Å²) in [5.74, 6) is -0.724. The van der Waals surface area contributed by atoms with Crippen molar-refractivity contribution in [1.82, 2.24) is 0 Å². The Hall–Kier alpha value is -1.20. The first-order valence-electron chi connectivity index (χ1n) is 3.67. The number of rotatable bonds is 2. The lowest BCUT2D eigenvalue weighted by molar-refractivity contribution is 0.112. The van der Waals surface area contributed by atoms with Gasteiger partial charge >= 0.3 is 7.12 Å². The minimum absolute atomic E-state index is 0.254. The Labute approximate surface area is 75.0 Å². The van der Waals surface area contributed by atoms with E-state index in [1.807, 2.05) is 0 Å². The first-order valence-corrected chi connectivity index (χ1v) is 3.67. The highest BCUT2D eigenvalue weighted by atomic mass is 19.1. The zero-order valence-electron chi connectivity index (χ0n) is 6.99. The van der Waals surface area contributed by atoms with Gasteiger partial charge in [0.15, 0.2) is 0 Å². The lowest BCUT2D eigenvalue weighted by atomic mass is 9.78. The van der Waals surface area contributed by atoms with E-state index in [0.717, 1.165) is 12.1 Å². The van der Waals surface area contributed by atoms with Crippen LogP contribution < -0.4 is 5.46 Å². The molecule has 1 rings (SSSR count). The first-order chi connectivity index (χ1) is 6.06. The van der Waals surface area contributed by atoms with Crippen LogP contribution in [0.4, 0.5) is 4.39 Å². The van der Waals surface area contributed by atoms with E-state index in [0.29, 0.717) is 11.8 Å². The van der Waals surface area contributed by atoms with Crippen LogP contribution in [0.15, 0.2) is 12.1 Å². The van der Waals surface area contributed by atoms with Crippen LogP contribution in [0, 0.1) is 12.7 Å². The Kier molecular flexibility index (Phi) is 2.80. The second-order valence-electron chi connectivity index (χ2n) is 2.72. The van der Waals surface area contributed by atoms with E-state index < -0.39 is 12.9 Å². The molecular formula is C8H8BFO3. The Balaban J connectivity index is 3.30. The molecule has 5 heteroatoms. The largest absolute Gasteiger partial charge is 0.491 e. The third-order valence-corrected chi connectivity index (χ3v) is 1.79. The van der Waals surface area contributed by atoms with Crippen LogP contribution >= 0.6 is 0 Å². The van der Waals surface area contributed by atoms with Gasteiger partial charge in [-0.2, -0.15) is 0 Å². The van der Waals surface area contributed by atoms with Crippen LogP contribution in [-0.4, -0.2) is 23.5 Å². The van der Waals surface area contributed by atoms with Gasteiger partial charge in [0.1, 0.15) is 12.1 Å². The van der Waals surface area contributed by atoms with Gasteiger partial charge in [0, 0.05) is 11.0 Å². The molecule has 0 saturated heterocycles. The summed E-state index contributed by atoms with van der Waals surface area (Å²) >= 11 is 0. The van der Waals surface area contributed by atoms with E-state index in [1.54, 1.807) is 6.92 Å². The van der Waals surface area contributed by atoms with Crippen molar-refractivity contribution in [3.8, 4) is 0 Å². The minimum atomic E-state index is -1.89. The van der Waals surface area contributed by atoms with Gasteiger partial charge < -0.3 is 10.0 Å². The summed E-state index contributed by atoms with van der Waals surface area (Å²) in [5, 5.41) is 17.4. The molecule has 0 heterocycles. The molecule has 0 saturated carbocycles. The molecule has 68 valence electrons. The minimum Gasteiger partial charge on any atom is -0.423 e. The Morgan fingerprint density at radius 2 is 2.08 bits per heavy atom. The van der Waals surface area contributed by atoms with Crippen LogP contribution in [0.1, 0.15) is 15.9 Å². The maximum atomic E-state index is 13.0. The standard InChI is InChI=1S/C8H8BFO3/c1-5-2-8(10)7(9(12)13)3-6(5)4-11/h2-4,12-13H,1H3. The molecule has 0 aromatic heterocycles. The van der Waals surface area contributed by atoms with Gasteiger partial charge in [0.25, 0.3) is 0 Å². The summed E-state index contributed by atoms with van der Waals surface area (Å²) in [5.41, 5.74) is 0.439. The van der Waals surface area contributed by atoms with Crippen LogP contribution in [0.5, 0.6) is 0 Å². The fourth-order valence-electron chi connectivity index (χ4n) is 1.03. The highest BCUT2D eigenvalue weighted by Crippen LogP contribution is 2.06. The number of hydrogen-bond acceptors (Lipinski definition) is 3. The molecule has 1 aromatic rings. The lowest BCUT2D eigenvalue weighted by Gasteiger charge is -2.04. The van der Waals surface area contributed by atoms with Crippen molar-refractivity contribution in [2.24, 2.45) is 0 Å². The third-order valence-electron chi connectivity index (χ3n) is 1.79. The van der Waals surface area contributed by atoms with Crippen LogP contribution in [0.25, 0.3) is 0 Å². The average molecular weight is 182 g/mol. The van der Waals surface area contributed by atoms with Crippen molar-refractivity contribution in [3.05, 3.63) is 29.1 Å². The maximum absolute atomic E-state index is 13.0. The second-order valence-corrected chi connectivity index (χ2v) is 2.72. The van der Waals surface area contributed by atoms with Gasteiger partial charge in [0.2, 0.25) is 0 Å². The summed E-state index contributed by atoms with van der Waals surface area (Å²) in [6.45, 7) is 1.57. The quantitative estimate of drug-likeness (QED) is 0.484. The molecule has 0 radical (unpaired) electrons. The fraction of sp³-hybridized carbons (Fsp3) is 0.125. The van der Waals surface area contributed by atoms with Gasteiger partial charge in [-0.05, 0) is 24.6 Å². The monoisotopic (exact) mass is 182 g/mol. The Morgan fingerprint density at radius 3 is 2.54 bits per heavy atom. The average Bonchev–Trinajstić information content (AvgIpc) is 2.03. The molecule has 0 amide bonds. The smallest absolute Gasteiger partial charge is 0.423 e. The van der Waals surface area contributed by atoms with E-state index >= 15 is 0 Å². The van der Waals surface area contributed by atoms with Crippen molar-refractivity contribution in [2.45, 2.75) is 6.92 Å². The number of benzene rings is 1. The summed E-state index contributed by atoms with van der Waals surface area (Å²) in [6, 6.07) is 2.22. The SMILES string of the molecule is Cc1cc(F)c(B(O)O)cc1C=O. The summed E-state index contributed by atoms with van der Waals surface area (Å²) in [7, 11) is -1.89. The molecule has 3 nitrogen and oxygen atoms in total. The summed E-state index contributed by atoms with van der Waals surface area (Å²) in [6.07, 6.45) is 0.542. The summed E-state index contributed by atoms with van der Waals surface area (Å²) < 4.78 is 13.0. The zero-order valence-corrected chi connectivity index (χ0v) is 6.99. The van der Waals surface area contributed by atoms with Gasteiger partial charge in [-0.1, -0.05) is 0 Å². The molecule has 0 fully saturated rings. The van der Waals surface area contributed by atoms with Crippen molar-refractivity contribution in [3.63, 3.8) is 0 Å². The van der Waals surface area contributed by atoms with Gasteiger partial charge in [0.05, 0.1) is 0 Å². The molecule has 0 spiro atoms. The number of aryl methyl sites for hydroxylation is 1. The first kappa shape index (κ1) is 9.89. The van der Waals surface area contributed by atoms with Crippen molar-refractivity contribution >= 4 is 18.9 Å². The van der Waals surface area contributed by atoms with Gasteiger partial charge in [-0.25, -0.2) is 4.39 Å². The number of hydrogen-bond donors (Lipinski definition) is 2. The van der Waals surface area contributed by atoms with Crippen LogP contribution in [-0.2, 0) is 0 Å². The topological polar surface area (TPSA) is 57.5 Å². The van der Waals surface area contributed by atoms with Gasteiger partial charge in [-0.3, -0.25) is 4.79 Å². The van der Waals surface area contributed by atoms with E-state index in [9.17, 15) is 9.18 Å². The van der Waals surface area contributed by atoms with Gasteiger partial charge in [-0.15, -0.1) is 0 Å². The molecule has 2 N–H and O–H groups in total. The molecule has 0 unspecified atom stereocenters. The van der Waals surface area contributed by atoms with E-state index in [1.165, 1.54) is 0 Å². The highest BCUT2D eigenvalue weighted by molar-refractivity contribution is 6.58. The molecular weight excluding hydrogens is 174 g/mol.